The molecule has 0 nitrogen and oxygen atoms in total. The Morgan fingerprint density at radius 2 is 1.78 bits per heavy atom. The van der Waals surface area contributed by atoms with Crippen LogP contribution in [0, 0.1) is 0 Å². The maximum absolute atomic E-state index is 2.30. The maximum atomic E-state index is 2.30. The van der Waals surface area contributed by atoms with Crippen LogP contribution in [0.4, 0.5) is 0 Å². The Morgan fingerprint density at radius 3 is 2.44 bits per heavy atom. The first-order valence-electron chi connectivity index (χ1n) is 3.57. The third-order valence-corrected chi connectivity index (χ3v) is 2.51. The van der Waals surface area contributed by atoms with Crippen molar-refractivity contribution < 1.29 is 0 Å². The summed E-state index contributed by atoms with van der Waals surface area (Å²) in [4.78, 5) is 0. The van der Waals surface area contributed by atoms with Gasteiger partial charge in [-0.3, -0.25) is 0 Å². The van der Waals surface area contributed by atoms with E-state index in [2.05, 4.69) is 12.1 Å². The molecule has 0 spiro atoms. The van der Waals surface area contributed by atoms with E-state index in [4.69, 9.17) is 0 Å². The molecule has 0 radical (unpaired) electrons. The quantitative estimate of drug-likeness (QED) is 0.491. The third-order valence-electron chi connectivity index (χ3n) is 2.51. The Morgan fingerprint density at radius 1 is 0.889 bits per heavy atom. The summed E-state index contributed by atoms with van der Waals surface area (Å²) in [6.07, 6.45) is 4.00. The van der Waals surface area contributed by atoms with E-state index in [9.17, 15) is 0 Å². The predicted octanol–water partition coefficient (Wildman–Crippen LogP) is 1.69. The molecule has 0 aliphatic heterocycles. The summed E-state index contributed by atoms with van der Waals surface area (Å²) in [7, 11) is 0. The molecule has 0 unspecified atom stereocenters. The maximum Gasteiger partial charge on any atom is -0.00171 e. The minimum atomic E-state index is 1.30. The Labute approximate surface area is 54.5 Å². The highest BCUT2D eigenvalue weighted by Gasteiger charge is 2.26. The molecule has 9 heavy (non-hydrogen) atoms. The lowest BCUT2D eigenvalue weighted by Crippen LogP contribution is -2.06. The smallest absolute Gasteiger partial charge is 0.00171 e. The summed E-state index contributed by atoms with van der Waals surface area (Å²) < 4.78 is 0. The fourth-order valence-electron chi connectivity index (χ4n) is 1.73. The topological polar surface area (TPSA) is 0 Å². The number of benzene rings is 1. The van der Waals surface area contributed by atoms with Crippen LogP contribution in [0.5, 0.6) is 0 Å². The molecule has 0 amide bonds. The van der Waals surface area contributed by atoms with E-state index in [1.165, 1.54) is 19.3 Å². The lowest BCUT2D eigenvalue weighted by molar-refractivity contribution is 0.838. The Balaban J connectivity index is 2.42. The van der Waals surface area contributed by atoms with Crippen LogP contribution in [0.25, 0.3) is 0 Å². The Hall–Kier alpha value is -0.780. The minimum absolute atomic E-state index is 1.30. The van der Waals surface area contributed by atoms with Crippen LogP contribution in [-0.2, 0) is 19.3 Å². The molecule has 0 saturated carbocycles. The van der Waals surface area contributed by atoms with Crippen molar-refractivity contribution >= 4 is 0 Å². The number of hydrogen-bond acceptors (Lipinski definition) is 0. The predicted molar refractivity (Wildman–Crippen MR) is 36.7 cm³/mol. The summed E-state index contributed by atoms with van der Waals surface area (Å²) >= 11 is 0. The number of hydrogen-bond donors (Lipinski definition) is 0. The van der Waals surface area contributed by atoms with Crippen LogP contribution in [0.1, 0.15) is 22.3 Å². The van der Waals surface area contributed by atoms with Crippen LogP contribution >= 0.6 is 0 Å². The van der Waals surface area contributed by atoms with E-state index in [-0.39, 0.29) is 0 Å². The van der Waals surface area contributed by atoms with Gasteiger partial charge in [-0.15, -0.1) is 0 Å². The van der Waals surface area contributed by atoms with E-state index in [1.54, 1.807) is 22.3 Å². The second-order valence-electron chi connectivity index (χ2n) is 3.02. The number of aryl methyl sites for hydroxylation is 1. The van der Waals surface area contributed by atoms with Gasteiger partial charge in [0.1, 0.15) is 0 Å². The summed E-state index contributed by atoms with van der Waals surface area (Å²) in [6.45, 7) is 0. The zero-order valence-corrected chi connectivity index (χ0v) is 5.28. The molecule has 0 heteroatoms. The normalized spacial score (nSPS) is 17.8. The van der Waals surface area contributed by atoms with Crippen LogP contribution in [-0.4, -0.2) is 0 Å². The summed E-state index contributed by atoms with van der Waals surface area (Å²) in [5, 5.41) is 0. The summed E-state index contributed by atoms with van der Waals surface area (Å²) in [6, 6.07) is 4.58. The van der Waals surface area contributed by atoms with E-state index >= 15 is 0 Å². The average molecular weight is 116 g/mol. The first-order valence-corrected chi connectivity index (χ1v) is 3.57. The molecule has 0 aromatic heterocycles. The fraction of sp³-hybridized carbons (Fsp3) is 0.333. The summed E-state index contributed by atoms with van der Waals surface area (Å²) in [5.41, 5.74) is 6.59. The van der Waals surface area contributed by atoms with Gasteiger partial charge in [-0.2, -0.15) is 0 Å². The fourth-order valence-corrected chi connectivity index (χ4v) is 1.73. The van der Waals surface area contributed by atoms with E-state index in [1.807, 2.05) is 0 Å². The van der Waals surface area contributed by atoms with Crippen molar-refractivity contribution in [1.82, 2.24) is 0 Å². The van der Waals surface area contributed by atoms with Crippen LogP contribution in [0.3, 0.4) is 0 Å². The molecule has 0 atom stereocenters. The monoisotopic (exact) mass is 116 g/mol. The van der Waals surface area contributed by atoms with Gasteiger partial charge in [0.25, 0.3) is 0 Å². The van der Waals surface area contributed by atoms with Gasteiger partial charge < -0.3 is 0 Å². The van der Waals surface area contributed by atoms with E-state index in [0.29, 0.717) is 0 Å². The van der Waals surface area contributed by atoms with Gasteiger partial charge in [-0.1, -0.05) is 12.1 Å². The highest BCUT2D eigenvalue weighted by molar-refractivity contribution is 5.57. The highest BCUT2D eigenvalue weighted by atomic mass is 14.3. The van der Waals surface area contributed by atoms with Crippen LogP contribution in [0.15, 0.2) is 12.1 Å². The Kier molecular flexibility index (Phi) is 0.484. The summed E-state index contributed by atoms with van der Waals surface area (Å²) in [5.74, 6) is 0. The van der Waals surface area contributed by atoms with Gasteiger partial charge >= 0.3 is 0 Å². The molecule has 0 saturated heterocycles. The SMILES string of the molecule is c1cc2c(c3c1CC3)C2. The number of rotatable bonds is 0. The van der Waals surface area contributed by atoms with Gasteiger partial charge in [-0.05, 0) is 41.5 Å². The standard InChI is InChI=1S/C9H8/c1-2-7-5-9(7)8-4-3-6(1)8/h1-2H,3-5H2. The second kappa shape index (κ2) is 1.06. The van der Waals surface area contributed by atoms with Gasteiger partial charge in [0.2, 0.25) is 0 Å². The van der Waals surface area contributed by atoms with Crippen molar-refractivity contribution in [1.29, 1.82) is 0 Å². The highest BCUT2D eigenvalue weighted by Crippen LogP contribution is 2.38. The van der Waals surface area contributed by atoms with Crippen molar-refractivity contribution in [3.8, 4) is 0 Å². The van der Waals surface area contributed by atoms with Gasteiger partial charge in [0.05, 0.1) is 0 Å². The molecule has 3 rings (SSSR count). The molecule has 0 N–H and O–H groups in total. The lowest BCUT2D eigenvalue weighted by Gasteiger charge is -2.16. The lowest BCUT2D eigenvalue weighted by atomic mass is 9.88. The van der Waals surface area contributed by atoms with E-state index < -0.39 is 0 Å². The molecule has 0 bridgehead atoms. The van der Waals surface area contributed by atoms with Gasteiger partial charge in [0, 0.05) is 0 Å². The number of fused-ring (bicyclic) bond motifs is 3. The zero-order valence-electron chi connectivity index (χ0n) is 5.28. The molecule has 1 aromatic carbocycles. The average Bonchev–Trinajstić information content (AvgIpc) is 2.43. The molecule has 44 valence electrons. The molecule has 1 aromatic rings. The largest absolute Gasteiger partial charge is 0.0585 e. The van der Waals surface area contributed by atoms with Gasteiger partial charge in [0.15, 0.2) is 0 Å². The molecule has 2 aliphatic rings. The molecular weight excluding hydrogens is 108 g/mol. The van der Waals surface area contributed by atoms with E-state index in [0.717, 1.165) is 0 Å². The molecular formula is C9H8. The Bertz CT molecular complexity index is 281. The van der Waals surface area contributed by atoms with Crippen molar-refractivity contribution in [2.45, 2.75) is 19.3 Å². The minimum Gasteiger partial charge on any atom is -0.0585 e. The molecule has 0 heterocycles. The van der Waals surface area contributed by atoms with Gasteiger partial charge in [-0.25, -0.2) is 0 Å². The third kappa shape index (κ3) is 0.365. The molecule has 0 fully saturated rings. The first-order chi connectivity index (χ1) is 4.45. The zero-order chi connectivity index (χ0) is 5.84. The van der Waals surface area contributed by atoms with Crippen LogP contribution in [0.2, 0.25) is 0 Å². The molecule has 2 aliphatic carbocycles. The van der Waals surface area contributed by atoms with Crippen molar-refractivity contribution in [3.05, 3.63) is 34.4 Å². The van der Waals surface area contributed by atoms with Crippen molar-refractivity contribution in [2.24, 2.45) is 0 Å². The van der Waals surface area contributed by atoms with Crippen molar-refractivity contribution in [2.75, 3.05) is 0 Å². The van der Waals surface area contributed by atoms with Crippen LogP contribution < -0.4 is 0 Å². The van der Waals surface area contributed by atoms with Crippen molar-refractivity contribution in [3.63, 3.8) is 0 Å². The first kappa shape index (κ1) is 4.10. The second-order valence-corrected chi connectivity index (χ2v) is 3.02.